The van der Waals surface area contributed by atoms with E-state index in [2.05, 4.69) is 19.2 Å². The van der Waals surface area contributed by atoms with Crippen molar-refractivity contribution in [1.82, 2.24) is 5.32 Å². The SMILES string of the molecule is CCCC1CCCC(CC(=O)OC)(NCC)CC1. The van der Waals surface area contributed by atoms with Crippen LogP contribution in [-0.2, 0) is 9.53 Å². The van der Waals surface area contributed by atoms with Crippen LogP contribution in [-0.4, -0.2) is 25.2 Å². The Bertz CT molecular complexity index is 255. The lowest BCUT2D eigenvalue weighted by molar-refractivity contribution is -0.142. The predicted octanol–water partition coefficient (Wildman–Crippen LogP) is 3.28. The van der Waals surface area contributed by atoms with Crippen LogP contribution >= 0.6 is 0 Å². The van der Waals surface area contributed by atoms with Crippen molar-refractivity contribution in [3.05, 3.63) is 0 Å². The summed E-state index contributed by atoms with van der Waals surface area (Å²) >= 11 is 0. The van der Waals surface area contributed by atoms with E-state index in [0.717, 1.165) is 25.3 Å². The molecule has 1 aliphatic rings. The zero-order valence-corrected chi connectivity index (χ0v) is 12.3. The Morgan fingerprint density at radius 2 is 2.11 bits per heavy atom. The van der Waals surface area contributed by atoms with Crippen molar-refractivity contribution < 1.29 is 9.53 Å². The number of hydrogen-bond acceptors (Lipinski definition) is 3. The van der Waals surface area contributed by atoms with Gasteiger partial charge in [0, 0.05) is 5.54 Å². The molecule has 0 spiro atoms. The molecule has 106 valence electrons. The van der Waals surface area contributed by atoms with Gasteiger partial charge in [0.2, 0.25) is 0 Å². The Kier molecular flexibility index (Phi) is 6.69. The minimum atomic E-state index is -0.0788. The molecule has 0 aromatic carbocycles. The monoisotopic (exact) mass is 255 g/mol. The van der Waals surface area contributed by atoms with Gasteiger partial charge in [0.25, 0.3) is 0 Å². The summed E-state index contributed by atoms with van der Waals surface area (Å²) in [6.07, 6.45) is 9.15. The highest BCUT2D eigenvalue weighted by atomic mass is 16.5. The Morgan fingerprint density at radius 1 is 1.33 bits per heavy atom. The molecule has 0 aliphatic heterocycles. The summed E-state index contributed by atoms with van der Waals surface area (Å²) < 4.78 is 4.86. The van der Waals surface area contributed by atoms with Crippen LogP contribution in [0.25, 0.3) is 0 Å². The van der Waals surface area contributed by atoms with E-state index >= 15 is 0 Å². The molecular formula is C15H29NO2. The van der Waals surface area contributed by atoms with Crippen molar-refractivity contribution in [3.63, 3.8) is 0 Å². The molecule has 18 heavy (non-hydrogen) atoms. The molecule has 0 aromatic rings. The summed E-state index contributed by atoms with van der Waals surface area (Å²) in [7, 11) is 1.48. The van der Waals surface area contributed by atoms with E-state index in [-0.39, 0.29) is 11.5 Å². The van der Waals surface area contributed by atoms with Gasteiger partial charge in [-0.05, 0) is 31.7 Å². The molecule has 1 saturated carbocycles. The number of esters is 1. The lowest BCUT2D eigenvalue weighted by Gasteiger charge is -2.33. The van der Waals surface area contributed by atoms with E-state index in [4.69, 9.17) is 4.74 Å². The number of ether oxygens (including phenoxy) is 1. The molecule has 1 aliphatic carbocycles. The Hall–Kier alpha value is -0.570. The van der Waals surface area contributed by atoms with Gasteiger partial charge in [0.1, 0.15) is 0 Å². The van der Waals surface area contributed by atoms with Gasteiger partial charge in [-0.2, -0.15) is 0 Å². The summed E-state index contributed by atoms with van der Waals surface area (Å²) in [6.45, 7) is 5.31. The molecule has 0 heterocycles. The van der Waals surface area contributed by atoms with Crippen molar-refractivity contribution >= 4 is 5.97 Å². The standard InChI is InChI=1S/C15H29NO2/c1-4-7-13-8-6-10-15(11-9-13,16-5-2)12-14(17)18-3/h13,16H,4-12H2,1-3H3. The number of carbonyl (C=O) groups is 1. The summed E-state index contributed by atoms with van der Waals surface area (Å²) in [5.41, 5.74) is -0.00959. The Morgan fingerprint density at radius 3 is 2.72 bits per heavy atom. The van der Waals surface area contributed by atoms with Crippen LogP contribution in [0.15, 0.2) is 0 Å². The average Bonchev–Trinajstić information content (AvgIpc) is 2.54. The van der Waals surface area contributed by atoms with Crippen LogP contribution in [0.2, 0.25) is 0 Å². The van der Waals surface area contributed by atoms with E-state index < -0.39 is 0 Å². The first-order chi connectivity index (χ1) is 8.65. The molecule has 2 unspecified atom stereocenters. The molecule has 1 rings (SSSR count). The second-order valence-corrected chi connectivity index (χ2v) is 5.65. The fraction of sp³-hybridized carbons (Fsp3) is 0.933. The van der Waals surface area contributed by atoms with Crippen LogP contribution in [0.3, 0.4) is 0 Å². The average molecular weight is 255 g/mol. The van der Waals surface area contributed by atoms with Gasteiger partial charge in [0.05, 0.1) is 13.5 Å². The van der Waals surface area contributed by atoms with E-state index in [0.29, 0.717) is 6.42 Å². The summed E-state index contributed by atoms with van der Waals surface area (Å²) in [6, 6.07) is 0. The highest BCUT2D eigenvalue weighted by Gasteiger charge is 2.34. The second kappa shape index (κ2) is 7.78. The third kappa shape index (κ3) is 4.60. The Balaban J connectivity index is 2.63. The third-order valence-electron chi connectivity index (χ3n) is 4.26. The van der Waals surface area contributed by atoms with Crippen LogP contribution in [0.5, 0.6) is 0 Å². The van der Waals surface area contributed by atoms with E-state index in [1.807, 2.05) is 0 Å². The van der Waals surface area contributed by atoms with Crippen LogP contribution in [0.4, 0.5) is 0 Å². The molecule has 0 amide bonds. The molecule has 3 heteroatoms. The first kappa shape index (κ1) is 15.5. The molecule has 2 atom stereocenters. The molecular weight excluding hydrogens is 226 g/mol. The van der Waals surface area contributed by atoms with Crippen molar-refractivity contribution in [1.29, 1.82) is 0 Å². The minimum absolute atomic E-state index is 0.00959. The predicted molar refractivity (Wildman–Crippen MR) is 74.5 cm³/mol. The largest absolute Gasteiger partial charge is 0.469 e. The molecule has 0 radical (unpaired) electrons. The fourth-order valence-electron chi connectivity index (χ4n) is 3.32. The van der Waals surface area contributed by atoms with Crippen molar-refractivity contribution in [2.75, 3.05) is 13.7 Å². The molecule has 0 bridgehead atoms. The van der Waals surface area contributed by atoms with Gasteiger partial charge in [-0.3, -0.25) is 4.79 Å². The quantitative estimate of drug-likeness (QED) is 0.585. The third-order valence-corrected chi connectivity index (χ3v) is 4.26. The van der Waals surface area contributed by atoms with Gasteiger partial charge in [-0.15, -0.1) is 0 Å². The molecule has 0 saturated heterocycles. The smallest absolute Gasteiger partial charge is 0.307 e. The zero-order valence-electron chi connectivity index (χ0n) is 12.3. The molecule has 0 aromatic heterocycles. The maximum Gasteiger partial charge on any atom is 0.307 e. The van der Waals surface area contributed by atoms with Crippen LogP contribution < -0.4 is 5.32 Å². The second-order valence-electron chi connectivity index (χ2n) is 5.65. The first-order valence-corrected chi connectivity index (χ1v) is 7.47. The van der Waals surface area contributed by atoms with Gasteiger partial charge >= 0.3 is 5.97 Å². The number of carbonyl (C=O) groups excluding carboxylic acids is 1. The van der Waals surface area contributed by atoms with Crippen molar-refractivity contribution in [2.45, 2.75) is 70.8 Å². The summed E-state index contributed by atoms with van der Waals surface area (Å²) in [4.78, 5) is 11.6. The minimum Gasteiger partial charge on any atom is -0.469 e. The van der Waals surface area contributed by atoms with Gasteiger partial charge in [0.15, 0.2) is 0 Å². The number of hydrogen-bond donors (Lipinski definition) is 1. The molecule has 1 N–H and O–H groups in total. The van der Waals surface area contributed by atoms with E-state index in [1.54, 1.807) is 0 Å². The maximum atomic E-state index is 11.6. The number of methoxy groups -OCH3 is 1. The first-order valence-electron chi connectivity index (χ1n) is 7.47. The number of rotatable bonds is 6. The van der Waals surface area contributed by atoms with Crippen LogP contribution in [0.1, 0.15) is 65.2 Å². The van der Waals surface area contributed by atoms with Gasteiger partial charge < -0.3 is 10.1 Å². The fourth-order valence-corrected chi connectivity index (χ4v) is 3.32. The lowest BCUT2D eigenvalue weighted by atomic mass is 9.86. The Labute approximate surface area is 112 Å². The number of nitrogens with one attached hydrogen (secondary N) is 1. The van der Waals surface area contributed by atoms with Gasteiger partial charge in [-0.25, -0.2) is 0 Å². The maximum absolute atomic E-state index is 11.6. The highest BCUT2D eigenvalue weighted by Crippen LogP contribution is 2.34. The zero-order chi connectivity index (χ0) is 13.4. The van der Waals surface area contributed by atoms with Crippen molar-refractivity contribution in [3.8, 4) is 0 Å². The van der Waals surface area contributed by atoms with Crippen molar-refractivity contribution in [2.24, 2.45) is 5.92 Å². The van der Waals surface area contributed by atoms with E-state index in [9.17, 15) is 4.79 Å². The van der Waals surface area contributed by atoms with Crippen LogP contribution in [0, 0.1) is 5.92 Å². The summed E-state index contributed by atoms with van der Waals surface area (Å²) in [5, 5.41) is 3.57. The van der Waals surface area contributed by atoms with Gasteiger partial charge in [-0.1, -0.05) is 39.5 Å². The molecule has 1 fully saturated rings. The highest BCUT2D eigenvalue weighted by molar-refractivity contribution is 5.70. The normalized spacial score (nSPS) is 28.7. The lowest BCUT2D eigenvalue weighted by Crippen LogP contribution is -2.46. The van der Waals surface area contributed by atoms with E-state index in [1.165, 1.54) is 39.2 Å². The summed E-state index contributed by atoms with van der Waals surface area (Å²) in [5.74, 6) is 0.776. The topological polar surface area (TPSA) is 38.3 Å². The molecule has 3 nitrogen and oxygen atoms in total.